The van der Waals surface area contributed by atoms with Gasteiger partial charge in [-0.15, -0.1) is 0 Å². The van der Waals surface area contributed by atoms with Crippen LogP contribution in [0.1, 0.15) is 13.8 Å². The molecule has 92 valence electrons. The highest BCUT2D eigenvalue weighted by Gasteiger charge is 2.24. The summed E-state index contributed by atoms with van der Waals surface area (Å²) >= 11 is 0. The largest absolute Gasteiger partial charge is 0.378 e. The molecule has 1 saturated heterocycles. The highest BCUT2D eigenvalue weighted by molar-refractivity contribution is 5.93. The van der Waals surface area contributed by atoms with Crippen LogP contribution in [0, 0.1) is 5.92 Å². The van der Waals surface area contributed by atoms with Crippen LogP contribution in [0.15, 0.2) is 12.2 Å². The van der Waals surface area contributed by atoms with Gasteiger partial charge in [0.05, 0.1) is 19.3 Å². The molecule has 0 spiro atoms. The molecule has 0 aliphatic carbocycles. The summed E-state index contributed by atoms with van der Waals surface area (Å²) in [6.45, 7) is 10.8. The Bertz CT molecular complexity index is 260. The third kappa shape index (κ3) is 3.94. The first-order chi connectivity index (χ1) is 7.50. The minimum atomic E-state index is -0.0409. The molecule has 0 atom stereocenters. The fourth-order valence-electron chi connectivity index (χ4n) is 1.40. The maximum atomic E-state index is 11.6. The molecular weight excluding hydrogens is 204 g/mol. The fraction of sp³-hybridized carbons (Fsp3) is 0.750. The van der Waals surface area contributed by atoms with Crippen LogP contribution in [0.25, 0.3) is 0 Å². The van der Waals surface area contributed by atoms with Gasteiger partial charge in [0, 0.05) is 18.7 Å². The van der Waals surface area contributed by atoms with Crippen molar-refractivity contribution in [1.29, 1.82) is 0 Å². The Kier molecular flexibility index (Phi) is 4.96. The zero-order chi connectivity index (χ0) is 12.1. The van der Waals surface area contributed by atoms with Gasteiger partial charge in [0.15, 0.2) is 0 Å². The molecule has 4 nitrogen and oxygen atoms in total. The Morgan fingerprint density at radius 3 is 2.62 bits per heavy atom. The summed E-state index contributed by atoms with van der Waals surface area (Å²) in [6.07, 6.45) is 0. The fourth-order valence-corrected chi connectivity index (χ4v) is 1.40. The Balaban J connectivity index is 2.24. The van der Waals surface area contributed by atoms with Crippen molar-refractivity contribution >= 4 is 5.91 Å². The summed E-state index contributed by atoms with van der Waals surface area (Å²) in [7, 11) is 1.99. The first-order valence-electron chi connectivity index (χ1n) is 5.74. The quantitative estimate of drug-likeness (QED) is 0.676. The number of rotatable bonds is 6. The van der Waals surface area contributed by atoms with Crippen LogP contribution < -0.4 is 5.32 Å². The number of carbonyl (C=O) groups excluding carboxylic acids is 1. The van der Waals surface area contributed by atoms with E-state index in [1.807, 2.05) is 7.05 Å². The summed E-state index contributed by atoms with van der Waals surface area (Å²) < 4.78 is 5.11. The van der Waals surface area contributed by atoms with Gasteiger partial charge in [-0.3, -0.25) is 9.69 Å². The van der Waals surface area contributed by atoms with E-state index < -0.39 is 0 Å². The van der Waals surface area contributed by atoms with Crippen LogP contribution in [0.5, 0.6) is 0 Å². The van der Waals surface area contributed by atoms with E-state index in [0.29, 0.717) is 30.6 Å². The molecule has 1 rings (SSSR count). The normalized spacial score (nSPS) is 16.3. The maximum Gasteiger partial charge on any atom is 0.247 e. The van der Waals surface area contributed by atoms with E-state index >= 15 is 0 Å². The molecular formula is C12H22N2O2. The van der Waals surface area contributed by atoms with E-state index in [2.05, 4.69) is 30.6 Å². The number of nitrogens with zero attached hydrogens (tertiary/aromatic N) is 1. The van der Waals surface area contributed by atoms with Gasteiger partial charge in [0.2, 0.25) is 5.91 Å². The average Bonchev–Trinajstić information content (AvgIpc) is 2.10. The van der Waals surface area contributed by atoms with Crippen molar-refractivity contribution in [2.24, 2.45) is 5.92 Å². The molecule has 1 N–H and O–H groups in total. The molecule has 0 aromatic carbocycles. The van der Waals surface area contributed by atoms with Gasteiger partial charge in [-0.1, -0.05) is 20.4 Å². The maximum absolute atomic E-state index is 11.6. The second-order valence-corrected chi connectivity index (χ2v) is 4.81. The average molecular weight is 226 g/mol. The molecule has 1 heterocycles. The van der Waals surface area contributed by atoms with Gasteiger partial charge in [-0.2, -0.15) is 0 Å². The van der Waals surface area contributed by atoms with Crippen molar-refractivity contribution in [3.8, 4) is 0 Å². The zero-order valence-electron chi connectivity index (χ0n) is 10.5. The van der Waals surface area contributed by atoms with Gasteiger partial charge in [-0.05, 0) is 13.0 Å². The molecule has 1 amide bonds. The van der Waals surface area contributed by atoms with Crippen molar-refractivity contribution in [3.05, 3.63) is 12.2 Å². The van der Waals surface area contributed by atoms with Crippen LogP contribution in [0.2, 0.25) is 0 Å². The summed E-state index contributed by atoms with van der Waals surface area (Å²) in [6, 6.07) is 0.439. The molecule has 0 saturated carbocycles. The summed E-state index contributed by atoms with van der Waals surface area (Å²) in [4.78, 5) is 13.8. The Labute approximate surface area is 97.6 Å². The SMILES string of the molecule is C=C(CN(C)C1COC1)C(=O)NCC(C)C. The number of hydrogen-bond donors (Lipinski definition) is 1. The molecule has 0 aromatic rings. The van der Waals surface area contributed by atoms with Gasteiger partial charge < -0.3 is 10.1 Å². The van der Waals surface area contributed by atoms with Crippen molar-refractivity contribution in [1.82, 2.24) is 10.2 Å². The van der Waals surface area contributed by atoms with E-state index in [1.165, 1.54) is 0 Å². The minimum absolute atomic E-state index is 0.0409. The third-order valence-corrected chi connectivity index (χ3v) is 2.68. The standard InChI is InChI=1S/C12H22N2O2/c1-9(2)5-13-12(15)10(3)6-14(4)11-7-16-8-11/h9,11H,3,5-8H2,1-2,4H3,(H,13,15). The van der Waals surface area contributed by atoms with Crippen LogP contribution in [-0.2, 0) is 9.53 Å². The van der Waals surface area contributed by atoms with Crippen LogP contribution in [0.3, 0.4) is 0 Å². The van der Waals surface area contributed by atoms with E-state index in [1.54, 1.807) is 0 Å². The molecule has 0 unspecified atom stereocenters. The minimum Gasteiger partial charge on any atom is -0.378 e. The predicted molar refractivity (Wildman–Crippen MR) is 64.2 cm³/mol. The smallest absolute Gasteiger partial charge is 0.247 e. The summed E-state index contributed by atoms with van der Waals surface area (Å²) in [5.41, 5.74) is 0.620. The van der Waals surface area contributed by atoms with Crippen molar-refractivity contribution in [2.75, 3.05) is 33.4 Å². The highest BCUT2D eigenvalue weighted by atomic mass is 16.5. The number of nitrogens with one attached hydrogen (secondary N) is 1. The van der Waals surface area contributed by atoms with Crippen molar-refractivity contribution < 1.29 is 9.53 Å². The predicted octanol–water partition coefficient (Wildman–Crippen LogP) is 0.645. The monoisotopic (exact) mass is 226 g/mol. The van der Waals surface area contributed by atoms with Crippen LogP contribution >= 0.6 is 0 Å². The second-order valence-electron chi connectivity index (χ2n) is 4.81. The first kappa shape index (κ1) is 13.2. The van der Waals surface area contributed by atoms with Gasteiger partial charge in [0.1, 0.15) is 0 Å². The molecule has 4 heteroatoms. The topological polar surface area (TPSA) is 41.6 Å². The lowest BCUT2D eigenvalue weighted by molar-refractivity contribution is -0.118. The molecule has 16 heavy (non-hydrogen) atoms. The molecule has 0 aromatic heterocycles. The summed E-state index contributed by atoms with van der Waals surface area (Å²) in [5.74, 6) is 0.426. The lowest BCUT2D eigenvalue weighted by atomic mass is 10.1. The van der Waals surface area contributed by atoms with Crippen molar-refractivity contribution in [3.63, 3.8) is 0 Å². The molecule has 1 aliphatic heterocycles. The second kappa shape index (κ2) is 6.01. The lowest BCUT2D eigenvalue weighted by Crippen LogP contribution is -2.48. The third-order valence-electron chi connectivity index (χ3n) is 2.68. The number of carbonyl (C=O) groups is 1. The lowest BCUT2D eigenvalue weighted by Gasteiger charge is -2.34. The molecule has 0 bridgehead atoms. The van der Waals surface area contributed by atoms with E-state index in [-0.39, 0.29) is 5.91 Å². The molecule has 1 fully saturated rings. The summed E-state index contributed by atoms with van der Waals surface area (Å²) in [5, 5.41) is 2.87. The molecule has 1 aliphatic rings. The van der Waals surface area contributed by atoms with Gasteiger partial charge in [-0.25, -0.2) is 0 Å². The van der Waals surface area contributed by atoms with Crippen LogP contribution in [0.4, 0.5) is 0 Å². The first-order valence-corrected chi connectivity index (χ1v) is 5.74. The van der Waals surface area contributed by atoms with Crippen molar-refractivity contribution in [2.45, 2.75) is 19.9 Å². The highest BCUT2D eigenvalue weighted by Crippen LogP contribution is 2.09. The van der Waals surface area contributed by atoms with E-state index in [4.69, 9.17) is 4.74 Å². The molecule has 0 radical (unpaired) electrons. The number of likely N-dealkylation sites (N-methyl/N-ethyl adjacent to an activating group) is 1. The van der Waals surface area contributed by atoms with E-state index in [0.717, 1.165) is 13.2 Å². The van der Waals surface area contributed by atoms with Crippen LogP contribution in [-0.4, -0.2) is 50.2 Å². The Morgan fingerprint density at radius 1 is 1.56 bits per heavy atom. The number of ether oxygens (including phenoxy) is 1. The number of amides is 1. The Morgan fingerprint density at radius 2 is 2.19 bits per heavy atom. The van der Waals surface area contributed by atoms with Gasteiger partial charge in [0.25, 0.3) is 0 Å². The Hall–Kier alpha value is -0.870. The van der Waals surface area contributed by atoms with Gasteiger partial charge >= 0.3 is 0 Å². The number of hydrogen-bond acceptors (Lipinski definition) is 3. The zero-order valence-corrected chi connectivity index (χ0v) is 10.5. The van der Waals surface area contributed by atoms with E-state index in [9.17, 15) is 4.79 Å².